The molecule has 0 amide bonds. The first-order valence-electron chi connectivity index (χ1n) is 6.47. The highest BCUT2D eigenvalue weighted by Crippen LogP contribution is 2.22. The maximum absolute atomic E-state index is 9.08. The summed E-state index contributed by atoms with van der Waals surface area (Å²) in [7, 11) is 0. The zero-order valence-corrected chi connectivity index (χ0v) is 9.80. The van der Waals surface area contributed by atoms with E-state index in [0.29, 0.717) is 0 Å². The Kier molecular flexibility index (Phi) is 5.71. The molecule has 1 aliphatic rings. The van der Waals surface area contributed by atoms with Crippen LogP contribution >= 0.6 is 0 Å². The van der Waals surface area contributed by atoms with Gasteiger partial charge in [0, 0.05) is 0 Å². The maximum Gasteiger partial charge on any atom is 0.104 e. The fraction of sp³-hybridized carbons (Fsp3) is 0.923. The molecular formula is C13H24N2. The van der Waals surface area contributed by atoms with E-state index in [1.807, 2.05) is 0 Å². The molecule has 2 heteroatoms. The van der Waals surface area contributed by atoms with Crippen LogP contribution < -0.4 is 5.73 Å². The minimum atomic E-state index is -0.529. The lowest BCUT2D eigenvalue weighted by atomic mass is 9.88. The first kappa shape index (κ1) is 12.5. The van der Waals surface area contributed by atoms with Gasteiger partial charge < -0.3 is 5.73 Å². The van der Waals surface area contributed by atoms with Crippen LogP contribution in [0.4, 0.5) is 0 Å². The first-order chi connectivity index (χ1) is 7.27. The quantitative estimate of drug-likeness (QED) is 0.662. The van der Waals surface area contributed by atoms with Crippen LogP contribution in [0.5, 0.6) is 0 Å². The van der Waals surface area contributed by atoms with Crippen molar-refractivity contribution in [3.63, 3.8) is 0 Å². The van der Waals surface area contributed by atoms with Gasteiger partial charge in [-0.2, -0.15) is 5.26 Å². The molecule has 0 saturated heterocycles. The summed E-state index contributed by atoms with van der Waals surface area (Å²) < 4.78 is 0. The number of nitrogens with zero attached hydrogens (tertiary/aromatic N) is 1. The van der Waals surface area contributed by atoms with E-state index in [1.54, 1.807) is 0 Å². The fourth-order valence-corrected chi connectivity index (χ4v) is 2.36. The summed E-state index contributed by atoms with van der Waals surface area (Å²) in [6.45, 7) is 0. The van der Waals surface area contributed by atoms with Crippen LogP contribution in [-0.4, -0.2) is 5.54 Å². The van der Waals surface area contributed by atoms with E-state index in [9.17, 15) is 0 Å². The smallest absolute Gasteiger partial charge is 0.104 e. The highest BCUT2D eigenvalue weighted by Gasteiger charge is 2.23. The lowest BCUT2D eigenvalue weighted by Crippen LogP contribution is -2.37. The third-order valence-corrected chi connectivity index (χ3v) is 3.47. The van der Waals surface area contributed by atoms with Crippen molar-refractivity contribution in [3.8, 4) is 6.07 Å². The average molecular weight is 208 g/mol. The zero-order chi connectivity index (χ0) is 11.0. The second-order valence-electron chi connectivity index (χ2n) is 4.95. The minimum absolute atomic E-state index is 0.529. The van der Waals surface area contributed by atoms with Crippen molar-refractivity contribution in [1.29, 1.82) is 5.26 Å². The molecule has 0 radical (unpaired) electrons. The van der Waals surface area contributed by atoms with E-state index in [2.05, 4.69) is 6.07 Å². The SMILES string of the molecule is N#CC1(N)CCCCCCCCCCC1. The molecule has 1 fully saturated rings. The Labute approximate surface area is 93.8 Å². The summed E-state index contributed by atoms with van der Waals surface area (Å²) in [4.78, 5) is 0. The van der Waals surface area contributed by atoms with E-state index < -0.39 is 5.54 Å². The molecule has 0 spiro atoms. The average Bonchev–Trinajstić information content (AvgIpc) is 2.23. The van der Waals surface area contributed by atoms with Gasteiger partial charge in [0.05, 0.1) is 6.07 Å². The van der Waals surface area contributed by atoms with Crippen molar-refractivity contribution in [1.82, 2.24) is 0 Å². The van der Waals surface area contributed by atoms with E-state index in [0.717, 1.165) is 25.7 Å². The summed E-state index contributed by atoms with van der Waals surface area (Å²) in [6, 6.07) is 2.31. The van der Waals surface area contributed by atoms with E-state index in [1.165, 1.54) is 44.9 Å². The predicted molar refractivity (Wildman–Crippen MR) is 63.3 cm³/mol. The topological polar surface area (TPSA) is 49.8 Å². The fourth-order valence-electron chi connectivity index (χ4n) is 2.36. The highest BCUT2D eigenvalue weighted by molar-refractivity contribution is 5.04. The van der Waals surface area contributed by atoms with E-state index in [4.69, 9.17) is 11.0 Å². The van der Waals surface area contributed by atoms with Gasteiger partial charge in [0.2, 0.25) is 0 Å². The lowest BCUT2D eigenvalue weighted by molar-refractivity contribution is 0.402. The van der Waals surface area contributed by atoms with Crippen LogP contribution in [0.1, 0.15) is 70.6 Å². The van der Waals surface area contributed by atoms with Gasteiger partial charge in [-0.25, -0.2) is 0 Å². The molecule has 2 nitrogen and oxygen atoms in total. The Morgan fingerprint density at radius 1 is 0.733 bits per heavy atom. The van der Waals surface area contributed by atoms with Crippen molar-refractivity contribution in [2.24, 2.45) is 5.73 Å². The molecule has 0 aromatic rings. The Morgan fingerprint density at radius 2 is 1.07 bits per heavy atom. The molecule has 0 aliphatic heterocycles. The number of hydrogen-bond acceptors (Lipinski definition) is 2. The second-order valence-corrected chi connectivity index (χ2v) is 4.95. The summed E-state index contributed by atoms with van der Waals surface area (Å²) in [5.41, 5.74) is 5.55. The van der Waals surface area contributed by atoms with Gasteiger partial charge in [-0.3, -0.25) is 0 Å². The molecule has 1 saturated carbocycles. The summed E-state index contributed by atoms with van der Waals surface area (Å²) in [5.74, 6) is 0. The first-order valence-corrected chi connectivity index (χ1v) is 6.47. The van der Waals surface area contributed by atoms with Gasteiger partial charge in [-0.15, -0.1) is 0 Å². The normalized spacial score (nSPS) is 24.5. The highest BCUT2D eigenvalue weighted by atomic mass is 14.7. The van der Waals surface area contributed by atoms with Crippen molar-refractivity contribution in [2.75, 3.05) is 0 Å². The van der Waals surface area contributed by atoms with Crippen molar-refractivity contribution >= 4 is 0 Å². The van der Waals surface area contributed by atoms with Crippen LogP contribution in [0, 0.1) is 11.3 Å². The summed E-state index contributed by atoms with van der Waals surface area (Å²) in [5, 5.41) is 9.08. The Morgan fingerprint density at radius 3 is 1.40 bits per heavy atom. The monoisotopic (exact) mass is 208 g/mol. The molecular weight excluding hydrogens is 184 g/mol. The van der Waals surface area contributed by atoms with E-state index in [-0.39, 0.29) is 0 Å². The molecule has 0 aromatic carbocycles. The number of nitrogens with two attached hydrogens (primary N) is 1. The Balaban J connectivity index is 2.36. The van der Waals surface area contributed by atoms with E-state index >= 15 is 0 Å². The number of nitriles is 1. The van der Waals surface area contributed by atoms with Crippen LogP contribution in [-0.2, 0) is 0 Å². The maximum atomic E-state index is 9.08. The minimum Gasteiger partial charge on any atom is -0.313 e. The van der Waals surface area contributed by atoms with Crippen molar-refractivity contribution in [3.05, 3.63) is 0 Å². The Bertz CT molecular complexity index is 193. The van der Waals surface area contributed by atoms with Gasteiger partial charge in [0.15, 0.2) is 0 Å². The lowest BCUT2D eigenvalue weighted by Gasteiger charge is -2.21. The molecule has 15 heavy (non-hydrogen) atoms. The molecule has 1 rings (SSSR count). The molecule has 2 N–H and O–H groups in total. The van der Waals surface area contributed by atoms with Gasteiger partial charge in [0.25, 0.3) is 0 Å². The van der Waals surface area contributed by atoms with Gasteiger partial charge in [-0.1, -0.05) is 57.8 Å². The molecule has 0 atom stereocenters. The number of hydrogen-bond donors (Lipinski definition) is 1. The molecule has 1 aliphatic carbocycles. The largest absolute Gasteiger partial charge is 0.313 e. The second kappa shape index (κ2) is 6.85. The third kappa shape index (κ3) is 5.18. The van der Waals surface area contributed by atoms with Gasteiger partial charge >= 0.3 is 0 Å². The van der Waals surface area contributed by atoms with Crippen molar-refractivity contribution in [2.45, 2.75) is 76.2 Å². The Hall–Kier alpha value is -0.550. The third-order valence-electron chi connectivity index (χ3n) is 3.47. The van der Waals surface area contributed by atoms with Crippen LogP contribution in [0.2, 0.25) is 0 Å². The molecule has 0 bridgehead atoms. The molecule has 0 aromatic heterocycles. The van der Waals surface area contributed by atoms with Gasteiger partial charge in [-0.05, 0) is 12.8 Å². The summed E-state index contributed by atoms with van der Waals surface area (Å²) in [6.07, 6.45) is 13.3. The predicted octanol–water partition coefficient (Wildman–Crippen LogP) is 3.51. The number of rotatable bonds is 0. The summed E-state index contributed by atoms with van der Waals surface area (Å²) >= 11 is 0. The standard InChI is InChI=1S/C13H24N2/c14-12-13(15)10-8-6-4-2-1-3-5-7-9-11-13/h1-11,15H2. The zero-order valence-electron chi connectivity index (χ0n) is 9.80. The van der Waals surface area contributed by atoms with Gasteiger partial charge in [0.1, 0.15) is 5.54 Å². The van der Waals surface area contributed by atoms with Crippen molar-refractivity contribution < 1.29 is 0 Å². The molecule has 0 unspecified atom stereocenters. The van der Waals surface area contributed by atoms with Crippen LogP contribution in [0.15, 0.2) is 0 Å². The molecule has 0 heterocycles. The van der Waals surface area contributed by atoms with Crippen LogP contribution in [0.3, 0.4) is 0 Å². The molecule has 86 valence electrons. The van der Waals surface area contributed by atoms with Crippen LogP contribution in [0.25, 0.3) is 0 Å².